The Morgan fingerprint density at radius 2 is 2.20 bits per heavy atom. The van der Waals surface area contributed by atoms with Crippen molar-refractivity contribution >= 4 is 5.69 Å². The number of nitrogens with zero attached hydrogens (tertiary/aromatic N) is 4. The van der Waals surface area contributed by atoms with E-state index in [-0.39, 0.29) is 6.04 Å². The van der Waals surface area contributed by atoms with Gasteiger partial charge in [-0.2, -0.15) is 23.3 Å². The molecule has 2 rings (SSSR count). The lowest BCUT2D eigenvalue weighted by molar-refractivity contribution is -0.142. The zero-order valence-corrected chi connectivity index (χ0v) is 11.0. The third-order valence-corrected chi connectivity index (χ3v) is 2.53. The quantitative estimate of drug-likeness (QED) is 0.916. The van der Waals surface area contributed by atoms with Gasteiger partial charge in [-0.3, -0.25) is 4.68 Å². The third kappa shape index (κ3) is 3.72. The number of hydrogen-bond donors (Lipinski definition) is 1. The maximum atomic E-state index is 12.2. The Hall–Kier alpha value is -2.06. The summed E-state index contributed by atoms with van der Waals surface area (Å²) in [5, 5.41) is 10.3. The molecule has 0 aliphatic carbocycles. The summed E-state index contributed by atoms with van der Waals surface area (Å²) in [6.07, 6.45) is -1.04. The number of aromatic nitrogens is 4. The maximum Gasteiger partial charge on any atom is 0.408 e. The van der Waals surface area contributed by atoms with Gasteiger partial charge in [-0.25, -0.2) is 0 Å². The van der Waals surface area contributed by atoms with Crippen LogP contribution in [0.1, 0.15) is 31.6 Å². The summed E-state index contributed by atoms with van der Waals surface area (Å²) in [6, 6.07) is -0.314. The molecule has 1 N–H and O–H groups in total. The van der Waals surface area contributed by atoms with Gasteiger partial charge in [-0.05, 0) is 6.92 Å². The number of rotatable bonds is 5. The highest BCUT2D eigenvalue weighted by Gasteiger charge is 2.28. The summed E-state index contributed by atoms with van der Waals surface area (Å²) < 4.78 is 42.5. The molecule has 2 aromatic heterocycles. The molecule has 20 heavy (non-hydrogen) atoms. The number of aryl methyl sites for hydroxylation is 1. The highest BCUT2D eigenvalue weighted by atomic mass is 19.4. The zero-order valence-electron chi connectivity index (χ0n) is 11.0. The lowest BCUT2D eigenvalue weighted by atomic mass is 10.3. The maximum absolute atomic E-state index is 12.2. The first-order chi connectivity index (χ1) is 9.37. The van der Waals surface area contributed by atoms with E-state index in [1.54, 1.807) is 6.92 Å². The average molecular weight is 289 g/mol. The highest BCUT2D eigenvalue weighted by Crippen LogP contribution is 2.20. The Morgan fingerprint density at radius 1 is 1.45 bits per heavy atom. The molecular weight excluding hydrogens is 275 g/mol. The predicted molar refractivity (Wildman–Crippen MR) is 64.0 cm³/mol. The van der Waals surface area contributed by atoms with Crippen molar-refractivity contribution < 1.29 is 17.7 Å². The van der Waals surface area contributed by atoms with Gasteiger partial charge in [0.15, 0.2) is 5.82 Å². The van der Waals surface area contributed by atoms with Crippen LogP contribution in [0.25, 0.3) is 0 Å². The molecule has 1 unspecified atom stereocenters. The van der Waals surface area contributed by atoms with E-state index in [1.165, 1.54) is 12.4 Å². The van der Waals surface area contributed by atoms with Gasteiger partial charge < -0.3 is 9.84 Å². The molecule has 0 saturated carbocycles. The molecular formula is C11H14F3N5O. The summed E-state index contributed by atoms with van der Waals surface area (Å²) in [5.74, 6) is 0.965. The van der Waals surface area contributed by atoms with Gasteiger partial charge in [0.2, 0.25) is 5.89 Å². The minimum atomic E-state index is -4.29. The molecule has 0 aliphatic heterocycles. The number of hydrogen-bond acceptors (Lipinski definition) is 5. The Balaban J connectivity index is 1.99. The fourth-order valence-corrected chi connectivity index (χ4v) is 1.61. The Bertz CT molecular complexity index is 562. The van der Waals surface area contributed by atoms with E-state index in [0.717, 1.165) is 4.68 Å². The van der Waals surface area contributed by atoms with E-state index in [2.05, 4.69) is 20.6 Å². The second-order valence-corrected chi connectivity index (χ2v) is 4.31. The van der Waals surface area contributed by atoms with E-state index in [0.29, 0.717) is 23.8 Å². The molecule has 0 saturated heterocycles. The molecule has 110 valence electrons. The van der Waals surface area contributed by atoms with Gasteiger partial charge in [0.25, 0.3) is 0 Å². The Morgan fingerprint density at radius 3 is 2.80 bits per heavy atom. The van der Waals surface area contributed by atoms with Gasteiger partial charge >= 0.3 is 6.18 Å². The van der Waals surface area contributed by atoms with Gasteiger partial charge in [0.05, 0.1) is 11.9 Å². The SMILES string of the molecule is CCc1noc(C(C)Nc2cnn(CC(F)(F)F)c2)n1. The molecule has 1 atom stereocenters. The first kappa shape index (κ1) is 14.4. The largest absolute Gasteiger partial charge is 0.408 e. The summed E-state index contributed by atoms with van der Waals surface area (Å²) >= 11 is 0. The zero-order chi connectivity index (χ0) is 14.8. The van der Waals surface area contributed by atoms with Crippen molar-refractivity contribution in [3.05, 3.63) is 24.1 Å². The molecule has 0 bridgehead atoms. The molecule has 2 heterocycles. The molecule has 0 radical (unpaired) electrons. The van der Waals surface area contributed by atoms with Gasteiger partial charge in [0.1, 0.15) is 12.6 Å². The number of nitrogens with one attached hydrogen (secondary N) is 1. The van der Waals surface area contributed by atoms with E-state index >= 15 is 0 Å². The fourth-order valence-electron chi connectivity index (χ4n) is 1.61. The second kappa shape index (κ2) is 5.51. The Kier molecular flexibility index (Phi) is 3.96. The Labute approximate surface area is 113 Å². The van der Waals surface area contributed by atoms with Crippen LogP contribution in [0, 0.1) is 0 Å². The average Bonchev–Trinajstić information content (AvgIpc) is 2.96. The normalized spacial score (nSPS) is 13.4. The predicted octanol–water partition coefficient (Wildman–Crippen LogP) is 2.56. The minimum Gasteiger partial charge on any atom is -0.371 e. The standard InChI is InChI=1S/C11H14F3N5O/c1-3-9-17-10(20-18-9)7(2)16-8-4-15-19(5-8)6-11(12,13)14/h4-5,7,16H,3,6H2,1-2H3. The van der Waals surface area contributed by atoms with Gasteiger partial charge in [-0.15, -0.1) is 0 Å². The van der Waals surface area contributed by atoms with Crippen molar-refractivity contribution in [3.8, 4) is 0 Å². The second-order valence-electron chi connectivity index (χ2n) is 4.31. The number of alkyl halides is 3. The number of anilines is 1. The lowest BCUT2D eigenvalue weighted by Crippen LogP contribution is -2.17. The number of halogens is 3. The van der Waals surface area contributed by atoms with E-state index in [1.807, 2.05) is 6.92 Å². The first-order valence-electron chi connectivity index (χ1n) is 6.05. The minimum absolute atomic E-state index is 0.314. The smallest absolute Gasteiger partial charge is 0.371 e. The first-order valence-corrected chi connectivity index (χ1v) is 6.05. The van der Waals surface area contributed by atoms with Crippen LogP contribution >= 0.6 is 0 Å². The van der Waals surface area contributed by atoms with Crippen LogP contribution in [-0.4, -0.2) is 26.1 Å². The molecule has 0 aliphatic rings. The summed E-state index contributed by atoms with van der Waals surface area (Å²) in [5.41, 5.74) is 0.456. The van der Waals surface area contributed by atoms with Crippen LogP contribution in [0.2, 0.25) is 0 Å². The molecule has 9 heteroatoms. The van der Waals surface area contributed by atoms with Crippen LogP contribution in [-0.2, 0) is 13.0 Å². The van der Waals surface area contributed by atoms with E-state index < -0.39 is 12.7 Å². The molecule has 0 amide bonds. The third-order valence-electron chi connectivity index (χ3n) is 2.53. The lowest BCUT2D eigenvalue weighted by Gasteiger charge is -2.08. The van der Waals surface area contributed by atoms with Gasteiger partial charge in [-0.1, -0.05) is 12.1 Å². The monoisotopic (exact) mass is 289 g/mol. The molecule has 0 aromatic carbocycles. The van der Waals surface area contributed by atoms with Crippen LogP contribution in [0.3, 0.4) is 0 Å². The molecule has 2 aromatic rings. The van der Waals surface area contributed by atoms with E-state index in [4.69, 9.17) is 4.52 Å². The van der Waals surface area contributed by atoms with Crippen LogP contribution in [0.15, 0.2) is 16.9 Å². The summed E-state index contributed by atoms with van der Waals surface area (Å²) in [4.78, 5) is 4.14. The van der Waals surface area contributed by atoms with Crippen LogP contribution in [0.4, 0.5) is 18.9 Å². The summed E-state index contributed by atoms with van der Waals surface area (Å²) in [7, 11) is 0. The topological polar surface area (TPSA) is 68.8 Å². The van der Waals surface area contributed by atoms with Gasteiger partial charge in [0, 0.05) is 12.6 Å². The van der Waals surface area contributed by atoms with Crippen LogP contribution < -0.4 is 5.32 Å². The summed E-state index contributed by atoms with van der Waals surface area (Å²) in [6.45, 7) is 2.55. The van der Waals surface area contributed by atoms with E-state index in [9.17, 15) is 13.2 Å². The molecule has 0 fully saturated rings. The van der Waals surface area contributed by atoms with Crippen molar-refractivity contribution in [2.45, 2.75) is 39.0 Å². The molecule has 6 nitrogen and oxygen atoms in total. The fraction of sp³-hybridized carbons (Fsp3) is 0.545. The van der Waals surface area contributed by atoms with Crippen molar-refractivity contribution in [2.75, 3.05) is 5.32 Å². The van der Waals surface area contributed by atoms with Crippen molar-refractivity contribution in [2.24, 2.45) is 0 Å². The van der Waals surface area contributed by atoms with Crippen molar-refractivity contribution in [1.82, 2.24) is 19.9 Å². The molecule has 0 spiro atoms. The van der Waals surface area contributed by atoms with Crippen LogP contribution in [0.5, 0.6) is 0 Å². The van der Waals surface area contributed by atoms with Crippen molar-refractivity contribution in [3.63, 3.8) is 0 Å². The highest BCUT2D eigenvalue weighted by molar-refractivity contribution is 5.39. The van der Waals surface area contributed by atoms with Crippen molar-refractivity contribution in [1.29, 1.82) is 0 Å².